The van der Waals surface area contributed by atoms with Crippen LogP contribution in [0.5, 0.6) is 5.75 Å². The molecule has 1 N–H and O–H groups in total. The summed E-state index contributed by atoms with van der Waals surface area (Å²) in [6.07, 6.45) is 0. The van der Waals surface area contributed by atoms with E-state index in [1.54, 1.807) is 0 Å². The van der Waals surface area contributed by atoms with Gasteiger partial charge in [0, 0.05) is 5.39 Å². The molecule has 0 fully saturated rings. The zero-order valence-corrected chi connectivity index (χ0v) is 20.9. The first-order valence-electron chi connectivity index (χ1n) is 7.25. The van der Waals surface area contributed by atoms with Crippen LogP contribution in [0.25, 0.3) is 10.8 Å². The van der Waals surface area contributed by atoms with Crippen molar-refractivity contribution in [2.75, 3.05) is 0 Å². The molecule has 0 amide bonds. The first kappa shape index (κ1) is 26.2. The van der Waals surface area contributed by atoms with Gasteiger partial charge < -0.3 is 9.66 Å². The van der Waals surface area contributed by atoms with E-state index < -0.39 is 30.0 Å². The molecule has 3 rings (SSSR count). The molecule has 9 nitrogen and oxygen atoms in total. The van der Waals surface area contributed by atoms with E-state index in [2.05, 4.69) is 10.2 Å². The number of fused-ring (bicyclic) bond motifs is 1. The van der Waals surface area contributed by atoms with Gasteiger partial charge in [-0.15, -0.1) is 10.9 Å². The van der Waals surface area contributed by atoms with Crippen molar-refractivity contribution in [1.82, 2.24) is 0 Å². The summed E-state index contributed by atoms with van der Waals surface area (Å²) in [7, 11) is -9.05. The van der Waals surface area contributed by atoms with Crippen LogP contribution in [0.1, 0.15) is 0 Å². The molecule has 13 heteroatoms. The van der Waals surface area contributed by atoms with Gasteiger partial charge in [-0.05, 0) is 47.9 Å². The maximum absolute atomic E-state index is 11.9. The summed E-state index contributed by atoms with van der Waals surface area (Å²) in [6.45, 7) is 0. The molecule has 29 heavy (non-hydrogen) atoms. The largest absolute Gasteiger partial charge is 1.00 e. The van der Waals surface area contributed by atoms with Crippen molar-refractivity contribution in [2.45, 2.75) is 9.79 Å². The van der Waals surface area contributed by atoms with Crippen molar-refractivity contribution in [3.05, 3.63) is 54.6 Å². The Bertz CT molecular complexity index is 1280. The number of nitrogens with zero attached hydrogens (tertiary/aromatic N) is 2. The summed E-state index contributed by atoms with van der Waals surface area (Å²) in [5, 5.41) is 20.1. The maximum atomic E-state index is 11.9. The van der Waals surface area contributed by atoms with Crippen LogP contribution in [0.3, 0.4) is 0 Å². The molecule has 0 radical (unpaired) electrons. The summed E-state index contributed by atoms with van der Waals surface area (Å²) >= 11 is 0. The Morgan fingerprint density at radius 2 is 1.34 bits per heavy atom. The Hall–Kier alpha value is -0.860. The molecule has 0 aliphatic carbocycles. The molecule has 3 aromatic rings. The molecule has 0 spiro atoms. The smallest absolute Gasteiger partial charge is 0.872 e. The van der Waals surface area contributed by atoms with E-state index in [0.717, 1.165) is 24.3 Å². The molecule has 0 unspecified atom stereocenters. The first-order valence-corrected chi connectivity index (χ1v) is 10.1. The van der Waals surface area contributed by atoms with Gasteiger partial charge in [0.05, 0.1) is 21.2 Å². The second-order valence-corrected chi connectivity index (χ2v) is 8.21. The van der Waals surface area contributed by atoms with Crippen LogP contribution in [0, 0.1) is 0 Å². The third-order valence-electron chi connectivity index (χ3n) is 3.62. The van der Waals surface area contributed by atoms with Crippen molar-refractivity contribution < 1.29 is 90.2 Å². The predicted octanol–water partition coefficient (Wildman–Crippen LogP) is -3.51. The monoisotopic (exact) mass is 452 g/mol. The second-order valence-electron chi connectivity index (χ2n) is 5.41. The first-order chi connectivity index (χ1) is 12.6. The van der Waals surface area contributed by atoms with E-state index in [1.165, 1.54) is 30.3 Å². The number of rotatable bonds is 4. The van der Waals surface area contributed by atoms with Crippen LogP contribution in [0.15, 0.2) is 74.6 Å². The molecule has 0 aliphatic heterocycles. The van der Waals surface area contributed by atoms with E-state index in [1.807, 2.05) is 0 Å². The van der Waals surface area contributed by atoms with Gasteiger partial charge >= 0.3 is 59.1 Å². The molecule has 0 saturated heterocycles. The van der Waals surface area contributed by atoms with Gasteiger partial charge in [-0.25, -0.2) is 8.42 Å². The van der Waals surface area contributed by atoms with Crippen molar-refractivity contribution in [2.24, 2.45) is 10.2 Å². The molecule has 0 heterocycles. The van der Waals surface area contributed by atoms with Crippen molar-refractivity contribution in [3.8, 4) is 5.75 Å². The fourth-order valence-corrected chi connectivity index (χ4v) is 3.30. The van der Waals surface area contributed by atoms with Crippen molar-refractivity contribution in [1.29, 1.82) is 0 Å². The van der Waals surface area contributed by atoms with E-state index >= 15 is 0 Å². The zero-order valence-electron chi connectivity index (χ0n) is 15.3. The molecule has 0 aliphatic rings. The molecule has 0 saturated carbocycles. The molecule has 0 aromatic heterocycles. The van der Waals surface area contributed by atoms with E-state index in [4.69, 9.17) is 0 Å². The van der Waals surface area contributed by atoms with Gasteiger partial charge in [0.2, 0.25) is 0 Å². The van der Waals surface area contributed by atoms with Crippen molar-refractivity contribution >= 4 is 42.4 Å². The number of azo groups is 1. The summed E-state index contributed by atoms with van der Waals surface area (Å²) < 4.78 is 64.5. The number of hydrogen-bond acceptors (Lipinski definition) is 8. The second kappa shape index (κ2) is 9.96. The Morgan fingerprint density at radius 3 is 1.90 bits per heavy atom. The Balaban J connectivity index is 0.00000210. The maximum Gasteiger partial charge on any atom is 1.00 e. The van der Waals surface area contributed by atoms with Crippen LogP contribution in [-0.2, 0) is 20.2 Å². The molecular formula is C16H10N2Na2O7S2. The molecular weight excluding hydrogens is 442 g/mol. The Morgan fingerprint density at radius 1 is 0.759 bits per heavy atom. The molecule has 3 aromatic carbocycles. The quantitative estimate of drug-likeness (QED) is 0.244. The van der Waals surface area contributed by atoms with Crippen LogP contribution in [0.2, 0.25) is 0 Å². The minimum Gasteiger partial charge on any atom is -0.872 e. The standard InChI is InChI=1S/C16H12N2O7S2.2Na/c19-16-8-7-15(14-9-12(27(23,24)25)5-6-13(14)16)18-17-10-1-3-11(4-2-10)26(20,21)22;;/h1-9,19H,(H,20,21,22)(H,23,24,25);;/q;2*+1/p-2. The molecule has 0 atom stereocenters. The third-order valence-corrected chi connectivity index (χ3v) is 5.32. The van der Waals surface area contributed by atoms with Crippen molar-refractivity contribution in [3.63, 3.8) is 0 Å². The minimum absolute atomic E-state index is 0. The third kappa shape index (κ3) is 6.31. The van der Waals surface area contributed by atoms with E-state index in [-0.39, 0.29) is 87.0 Å². The van der Waals surface area contributed by atoms with Gasteiger partial charge in [0.1, 0.15) is 10.1 Å². The summed E-state index contributed by atoms with van der Waals surface area (Å²) in [5.41, 5.74) is 0.392. The predicted molar refractivity (Wildman–Crippen MR) is 91.8 cm³/mol. The average molecular weight is 452 g/mol. The normalized spacial score (nSPS) is 11.8. The van der Waals surface area contributed by atoms with E-state index in [0.29, 0.717) is 0 Å². The fourth-order valence-electron chi connectivity index (χ4n) is 2.32. The van der Waals surface area contributed by atoms with E-state index in [9.17, 15) is 31.0 Å². The van der Waals surface area contributed by atoms with Crippen LogP contribution in [-0.4, -0.2) is 25.9 Å². The van der Waals surface area contributed by atoms with Crippen LogP contribution in [0.4, 0.5) is 11.4 Å². The Kier molecular flexibility index (Phi) is 8.99. The molecule has 140 valence electrons. The molecule has 0 bridgehead atoms. The number of hydrogen-bond donors (Lipinski definition) is 1. The minimum atomic E-state index is -4.58. The average Bonchev–Trinajstić information content (AvgIpc) is 2.60. The summed E-state index contributed by atoms with van der Waals surface area (Å²) in [6, 6.07) is 10.7. The van der Waals surface area contributed by atoms with Gasteiger partial charge in [-0.3, -0.25) is 4.55 Å². The van der Waals surface area contributed by atoms with Gasteiger partial charge in [-0.2, -0.15) is 13.5 Å². The van der Waals surface area contributed by atoms with Gasteiger partial charge in [-0.1, -0.05) is 12.1 Å². The zero-order chi connectivity index (χ0) is 19.8. The Labute approximate surface area is 210 Å². The summed E-state index contributed by atoms with van der Waals surface area (Å²) in [4.78, 5) is -0.817. The number of benzene rings is 3. The fraction of sp³-hybridized carbons (Fsp3) is 0. The van der Waals surface area contributed by atoms with Gasteiger partial charge in [0.15, 0.2) is 0 Å². The summed E-state index contributed by atoms with van der Waals surface area (Å²) in [5.74, 6) is -0.365. The van der Waals surface area contributed by atoms with Crippen LogP contribution < -0.4 is 64.2 Å². The van der Waals surface area contributed by atoms with Crippen LogP contribution >= 0.6 is 0 Å². The topological polar surface area (TPSA) is 159 Å². The van der Waals surface area contributed by atoms with Gasteiger partial charge in [0.25, 0.3) is 10.1 Å². The SMILES string of the molecule is O=S(=O)([O-])c1ccc(N=Nc2ccc([O-])c3ccc(S(=O)(=O)O)cc23)cc1.[Na+].[Na+].